The zero-order valence-corrected chi connectivity index (χ0v) is 10.3. The molecular formula is C13H10ClFN2O. The summed E-state index contributed by atoms with van der Waals surface area (Å²) >= 11 is 5.70. The summed E-state index contributed by atoms with van der Waals surface area (Å²) in [5.41, 5.74) is 1.59. The lowest BCUT2D eigenvalue weighted by Crippen LogP contribution is -2.13. The van der Waals surface area contributed by atoms with E-state index in [0.29, 0.717) is 11.3 Å². The van der Waals surface area contributed by atoms with Crippen LogP contribution in [0.15, 0.2) is 36.5 Å². The number of pyridine rings is 1. The van der Waals surface area contributed by atoms with E-state index in [1.807, 2.05) is 0 Å². The lowest BCUT2D eigenvalue weighted by atomic mass is 10.2. The molecule has 5 heteroatoms. The molecule has 0 spiro atoms. The second-order valence-corrected chi connectivity index (χ2v) is 4.17. The average Bonchev–Trinajstić information content (AvgIpc) is 2.34. The summed E-state index contributed by atoms with van der Waals surface area (Å²) in [7, 11) is 0. The van der Waals surface area contributed by atoms with Gasteiger partial charge in [0.2, 0.25) is 0 Å². The van der Waals surface area contributed by atoms with Gasteiger partial charge in [0.1, 0.15) is 11.0 Å². The first-order valence-corrected chi connectivity index (χ1v) is 5.63. The third-order valence-corrected chi connectivity index (χ3v) is 2.64. The summed E-state index contributed by atoms with van der Waals surface area (Å²) < 4.78 is 13.1. The largest absolute Gasteiger partial charge is 0.322 e. The number of hydrogen-bond acceptors (Lipinski definition) is 2. The van der Waals surface area contributed by atoms with Gasteiger partial charge in [-0.2, -0.15) is 0 Å². The minimum absolute atomic E-state index is 0.235. The van der Waals surface area contributed by atoms with Gasteiger partial charge < -0.3 is 5.32 Å². The molecule has 2 rings (SSSR count). The van der Waals surface area contributed by atoms with E-state index in [1.54, 1.807) is 13.0 Å². The molecule has 1 heterocycles. The molecule has 1 aromatic carbocycles. The molecule has 1 N–H and O–H groups in total. The third kappa shape index (κ3) is 2.84. The Labute approximate surface area is 109 Å². The molecule has 0 fully saturated rings. The van der Waals surface area contributed by atoms with Crippen LogP contribution in [0.5, 0.6) is 0 Å². The summed E-state index contributed by atoms with van der Waals surface area (Å²) in [5.74, 6) is -0.753. The molecule has 0 radical (unpaired) electrons. The number of carbonyl (C=O) groups is 1. The van der Waals surface area contributed by atoms with E-state index in [0.717, 1.165) is 5.56 Å². The number of nitrogens with one attached hydrogen (secondary N) is 1. The van der Waals surface area contributed by atoms with Gasteiger partial charge in [-0.3, -0.25) is 4.79 Å². The Morgan fingerprint density at radius 1 is 1.33 bits per heavy atom. The Morgan fingerprint density at radius 2 is 2.11 bits per heavy atom. The van der Waals surface area contributed by atoms with Crippen molar-refractivity contribution in [2.45, 2.75) is 6.92 Å². The van der Waals surface area contributed by atoms with Crippen LogP contribution >= 0.6 is 11.6 Å². The third-order valence-electron chi connectivity index (χ3n) is 2.44. The van der Waals surface area contributed by atoms with Crippen LogP contribution in [0.25, 0.3) is 0 Å². The van der Waals surface area contributed by atoms with E-state index in [4.69, 9.17) is 11.6 Å². The summed E-state index contributed by atoms with van der Waals surface area (Å²) in [4.78, 5) is 15.7. The Hall–Kier alpha value is -1.94. The fourth-order valence-corrected chi connectivity index (χ4v) is 1.64. The minimum Gasteiger partial charge on any atom is -0.322 e. The van der Waals surface area contributed by atoms with Crippen LogP contribution in [0, 0.1) is 12.7 Å². The minimum atomic E-state index is -0.399. The number of benzene rings is 1. The van der Waals surface area contributed by atoms with Crippen molar-refractivity contribution in [3.05, 3.63) is 58.6 Å². The predicted octanol–water partition coefficient (Wildman–Crippen LogP) is 3.43. The van der Waals surface area contributed by atoms with Crippen LogP contribution in [-0.4, -0.2) is 10.9 Å². The van der Waals surface area contributed by atoms with Gasteiger partial charge in [0.05, 0.1) is 0 Å². The lowest BCUT2D eigenvalue weighted by Gasteiger charge is -2.08. The highest BCUT2D eigenvalue weighted by Crippen LogP contribution is 2.17. The molecule has 2 aromatic rings. The van der Waals surface area contributed by atoms with Crippen molar-refractivity contribution in [1.82, 2.24) is 4.98 Å². The molecule has 0 aliphatic heterocycles. The van der Waals surface area contributed by atoms with E-state index < -0.39 is 5.82 Å². The van der Waals surface area contributed by atoms with Crippen molar-refractivity contribution in [2.75, 3.05) is 5.32 Å². The number of amides is 1. The molecular weight excluding hydrogens is 255 g/mol. The van der Waals surface area contributed by atoms with E-state index in [1.165, 1.54) is 30.5 Å². The van der Waals surface area contributed by atoms with Crippen LogP contribution < -0.4 is 5.32 Å². The van der Waals surface area contributed by atoms with E-state index in [-0.39, 0.29) is 11.1 Å². The maximum atomic E-state index is 13.1. The lowest BCUT2D eigenvalue weighted by molar-refractivity contribution is 0.102. The second kappa shape index (κ2) is 5.14. The van der Waals surface area contributed by atoms with Gasteiger partial charge in [0, 0.05) is 17.4 Å². The number of aryl methyl sites for hydroxylation is 1. The van der Waals surface area contributed by atoms with Crippen LogP contribution in [0.3, 0.4) is 0 Å². The maximum absolute atomic E-state index is 13.1. The zero-order valence-electron chi connectivity index (χ0n) is 9.58. The van der Waals surface area contributed by atoms with Crippen molar-refractivity contribution >= 4 is 23.2 Å². The Morgan fingerprint density at radius 3 is 2.83 bits per heavy atom. The van der Waals surface area contributed by atoms with Gasteiger partial charge in [-0.1, -0.05) is 17.7 Å². The Balaban J connectivity index is 2.24. The predicted molar refractivity (Wildman–Crippen MR) is 68.3 cm³/mol. The van der Waals surface area contributed by atoms with Crippen molar-refractivity contribution in [3.8, 4) is 0 Å². The van der Waals surface area contributed by atoms with Crippen LogP contribution in [0.1, 0.15) is 15.9 Å². The molecule has 1 aromatic heterocycles. The zero-order chi connectivity index (χ0) is 13.1. The van der Waals surface area contributed by atoms with Crippen molar-refractivity contribution in [3.63, 3.8) is 0 Å². The molecule has 1 amide bonds. The number of rotatable bonds is 2. The molecule has 0 aliphatic rings. The molecule has 92 valence electrons. The van der Waals surface area contributed by atoms with Crippen LogP contribution in [0.2, 0.25) is 5.15 Å². The maximum Gasteiger partial charge on any atom is 0.255 e. The number of nitrogens with zero attached hydrogens (tertiary/aromatic N) is 1. The number of anilines is 1. The van der Waals surface area contributed by atoms with Gasteiger partial charge in [-0.25, -0.2) is 9.37 Å². The fraction of sp³-hybridized carbons (Fsp3) is 0.0769. The molecule has 0 saturated heterocycles. The first-order valence-electron chi connectivity index (χ1n) is 5.25. The first kappa shape index (κ1) is 12.5. The quantitative estimate of drug-likeness (QED) is 0.845. The van der Waals surface area contributed by atoms with E-state index in [9.17, 15) is 9.18 Å². The van der Waals surface area contributed by atoms with Crippen LogP contribution in [0.4, 0.5) is 10.1 Å². The van der Waals surface area contributed by atoms with Gasteiger partial charge in [0.15, 0.2) is 0 Å². The summed E-state index contributed by atoms with van der Waals surface area (Å²) in [6.45, 7) is 1.79. The molecule has 18 heavy (non-hydrogen) atoms. The first-order chi connectivity index (χ1) is 8.56. The summed E-state index contributed by atoms with van der Waals surface area (Å²) in [6, 6.07) is 7.20. The van der Waals surface area contributed by atoms with Gasteiger partial charge in [-0.15, -0.1) is 0 Å². The smallest absolute Gasteiger partial charge is 0.255 e. The molecule has 0 saturated carbocycles. The summed E-state index contributed by atoms with van der Waals surface area (Å²) in [6.07, 6.45) is 1.44. The highest BCUT2D eigenvalue weighted by atomic mass is 35.5. The second-order valence-electron chi connectivity index (χ2n) is 3.78. The van der Waals surface area contributed by atoms with Crippen molar-refractivity contribution in [1.29, 1.82) is 0 Å². The van der Waals surface area contributed by atoms with Crippen LogP contribution in [-0.2, 0) is 0 Å². The molecule has 3 nitrogen and oxygen atoms in total. The molecule has 0 atom stereocenters. The monoisotopic (exact) mass is 264 g/mol. The average molecular weight is 265 g/mol. The summed E-state index contributed by atoms with van der Waals surface area (Å²) in [5, 5.41) is 2.86. The van der Waals surface area contributed by atoms with Gasteiger partial charge in [-0.05, 0) is 36.8 Å². The highest BCUT2D eigenvalue weighted by molar-refractivity contribution is 6.29. The fourth-order valence-electron chi connectivity index (χ4n) is 1.47. The molecule has 0 aliphatic carbocycles. The SMILES string of the molecule is Cc1ccc(F)cc1NC(=O)c1ccnc(Cl)c1. The van der Waals surface area contributed by atoms with Gasteiger partial charge >= 0.3 is 0 Å². The number of halogens is 2. The Bertz CT molecular complexity index is 601. The van der Waals surface area contributed by atoms with E-state index >= 15 is 0 Å². The molecule has 0 bridgehead atoms. The van der Waals surface area contributed by atoms with E-state index in [2.05, 4.69) is 10.3 Å². The standard InChI is InChI=1S/C13H10ClFN2O/c1-8-2-3-10(15)7-11(8)17-13(18)9-4-5-16-12(14)6-9/h2-7H,1H3,(H,17,18). The Kier molecular flexibility index (Phi) is 3.58. The molecule has 0 unspecified atom stereocenters. The normalized spacial score (nSPS) is 10.2. The number of aromatic nitrogens is 1. The number of hydrogen-bond donors (Lipinski definition) is 1. The van der Waals surface area contributed by atoms with Gasteiger partial charge in [0.25, 0.3) is 5.91 Å². The van der Waals surface area contributed by atoms with Crippen molar-refractivity contribution < 1.29 is 9.18 Å². The number of carbonyl (C=O) groups excluding carboxylic acids is 1. The van der Waals surface area contributed by atoms with Crippen molar-refractivity contribution in [2.24, 2.45) is 0 Å². The highest BCUT2D eigenvalue weighted by Gasteiger charge is 2.09. The topological polar surface area (TPSA) is 42.0 Å².